The minimum Gasteiger partial charge on any atom is -0.445 e. The summed E-state index contributed by atoms with van der Waals surface area (Å²) in [6.07, 6.45) is 0.0241. The molecule has 22 heavy (non-hydrogen) atoms. The fourth-order valence-electron chi connectivity index (χ4n) is 3.30. The Bertz CT molecular complexity index is 624. The molecule has 5 heteroatoms. The van der Waals surface area contributed by atoms with E-state index in [1.54, 1.807) is 31.2 Å². The molecule has 1 aromatic carbocycles. The summed E-state index contributed by atoms with van der Waals surface area (Å²) >= 11 is 5.31. The number of carbonyl (C=O) groups excluding carboxylic acids is 2. The van der Waals surface area contributed by atoms with E-state index in [1.807, 2.05) is 19.9 Å². The van der Waals surface area contributed by atoms with E-state index >= 15 is 0 Å². The first kappa shape index (κ1) is 15.2. The number of hydrogen-bond acceptors (Lipinski definition) is 5. The van der Waals surface area contributed by atoms with Gasteiger partial charge in [0.1, 0.15) is 5.78 Å². The second kappa shape index (κ2) is 4.88. The van der Waals surface area contributed by atoms with Crippen molar-refractivity contribution in [2.75, 3.05) is 0 Å². The SMILES string of the molecule is CC1(C)C2C(=O)C[C@@](C)(OC(=O)c3ccccc3)OC(=S)C21. The minimum absolute atomic E-state index is 0.0241. The third-order valence-electron chi connectivity index (χ3n) is 4.56. The number of ether oxygens (including phenoxy) is 2. The Kier molecular flexibility index (Phi) is 3.36. The molecule has 1 aromatic rings. The molecule has 0 spiro atoms. The third-order valence-corrected chi connectivity index (χ3v) is 4.90. The number of rotatable bonds is 2. The zero-order valence-corrected chi connectivity index (χ0v) is 13.6. The molecule has 0 amide bonds. The van der Waals surface area contributed by atoms with Crippen molar-refractivity contribution in [3.63, 3.8) is 0 Å². The zero-order valence-electron chi connectivity index (χ0n) is 12.8. The molecular weight excluding hydrogens is 300 g/mol. The predicted molar refractivity (Wildman–Crippen MR) is 84.3 cm³/mol. The van der Waals surface area contributed by atoms with Crippen LogP contribution in [0, 0.1) is 17.3 Å². The number of hydrogen-bond donors (Lipinski definition) is 0. The molecule has 1 heterocycles. The Morgan fingerprint density at radius 2 is 1.86 bits per heavy atom. The van der Waals surface area contributed by atoms with Crippen LogP contribution in [0.2, 0.25) is 0 Å². The van der Waals surface area contributed by atoms with E-state index in [2.05, 4.69) is 0 Å². The van der Waals surface area contributed by atoms with Gasteiger partial charge in [0.15, 0.2) is 5.05 Å². The maximum absolute atomic E-state index is 12.4. The van der Waals surface area contributed by atoms with Crippen molar-refractivity contribution in [3.8, 4) is 0 Å². The Morgan fingerprint density at radius 3 is 2.50 bits per heavy atom. The molecule has 0 aromatic heterocycles. The van der Waals surface area contributed by atoms with Crippen molar-refractivity contribution in [2.45, 2.75) is 33.0 Å². The van der Waals surface area contributed by atoms with Crippen LogP contribution in [-0.2, 0) is 14.3 Å². The number of ketones is 1. The van der Waals surface area contributed by atoms with E-state index in [9.17, 15) is 9.59 Å². The maximum Gasteiger partial charge on any atom is 0.341 e. The first-order valence-corrected chi connectivity index (χ1v) is 7.69. The first-order valence-electron chi connectivity index (χ1n) is 7.28. The van der Waals surface area contributed by atoms with Crippen molar-refractivity contribution < 1.29 is 19.1 Å². The smallest absolute Gasteiger partial charge is 0.341 e. The summed E-state index contributed by atoms with van der Waals surface area (Å²) in [6.45, 7) is 5.61. The molecule has 0 N–H and O–H groups in total. The van der Waals surface area contributed by atoms with Crippen LogP contribution in [0.25, 0.3) is 0 Å². The lowest BCUT2D eigenvalue weighted by Crippen LogP contribution is -2.38. The average Bonchev–Trinajstić information content (AvgIpc) is 3.04. The lowest BCUT2D eigenvalue weighted by molar-refractivity contribution is -0.154. The van der Waals surface area contributed by atoms with Gasteiger partial charge in [-0.1, -0.05) is 32.0 Å². The van der Waals surface area contributed by atoms with E-state index < -0.39 is 11.8 Å². The normalized spacial score (nSPS) is 32.5. The molecule has 3 rings (SSSR count). The zero-order chi connectivity index (χ0) is 16.1. The average molecular weight is 318 g/mol. The maximum atomic E-state index is 12.4. The monoisotopic (exact) mass is 318 g/mol. The Morgan fingerprint density at radius 1 is 1.23 bits per heavy atom. The van der Waals surface area contributed by atoms with Crippen LogP contribution < -0.4 is 0 Å². The Hall–Kier alpha value is -1.75. The quantitative estimate of drug-likeness (QED) is 0.619. The van der Waals surface area contributed by atoms with E-state index in [4.69, 9.17) is 21.7 Å². The van der Waals surface area contributed by atoms with Gasteiger partial charge in [0.2, 0.25) is 0 Å². The summed E-state index contributed by atoms with van der Waals surface area (Å²) in [4.78, 5) is 24.6. The van der Waals surface area contributed by atoms with Gasteiger partial charge >= 0.3 is 5.97 Å². The standard InChI is InChI=1S/C17H18O4S/c1-16(2)12-11(18)9-17(3,21-15(22)13(12)16)20-14(19)10-7-5-4-6-8-10/h4-8,12-13H,9H2,1-3H3/t12?,13?,17-/m0/s1. The van der Waals surface area contributed by atoms with Gasteiger partial charge in [-0.05, 0) is 29.8 Å². The van der Waals surface area contributed by atoms with Crippen LogP contribution in [0.15, 0.2) is 30.3 Å². The van der Waals surface area contributed by atoms with Crippen LogP contribution in [0.5, 0.6) is 0 Å². The van der Waals surface area contributed by atoms with Gasteiger partial charge in [-0.15, -0.1) is 0 Å². The van der Waals surface area contributed by atoms with Crippen LogP contribution in [0.1, 0.15) is 37.6 Å². The summed E-state index contributed by atoms with van der Waals surface area (Å²) in [6, 6.07) is 8.63. The molecule has 4 nitrogen and oxygen atoms in total. The molecule has 3 atom stereocenters. The number of Topliss-reactive ketones (excluding diaryl/α,β-unsaturated/α-hetero) is 1. The second-order valence-electron chi connectivity index (χ2n) is 6.73. The molecule has 1 aliphatic carbocycles. The summed E-state index contributed by atoms with van der Waals surface area (Å²) in [5.41, 5.74) is 0.263. The fraction of sp³-hybridized carbons (Fsp3) is 0.471. The molecule has 2 aliphatic rings. The van der Waals surface area contributed by atoms with Gasteiger partial charge < -0.3 is 9.47 Å². The molecule has 0 radical (unpaired) electrons. The highest BCUT2D eigenvalue weighted by molar-refractivity contribution is 7.80. The van der Waals surface area contributed by atoms with Crippen molar-refractivity contribution in [1.29, 1.82) is 0 Å². The summed E-state index contributed by atoms with van der Waals surface area (Å²) in [5, 5.41) is 0.365. The highest BCUT2D eigenvalue weighted by atomic mass is 32.1. The minimum atomic E-state index is -1.33. The van der Waals surface area contributed by atoms with E-state index in [-0.39, 0.29) is 29.5 Å². The topological polar surface area (TPSA) is 52.6 Å². The highest BCUT2D eigenvalue weighted by Crippen LogP contribution is 2.61. The Balaban J connectivity index is 1.78. The van der Waals surface area contributed by atoms with Gasteiger partial charge in [0.05, 0.1) is 12.0 Å². The largest absolute Gasteiger partial charge is 0.445 e. The number of benzene rings is 1. The van der Waals surface area contributed by atoms with Crippen LogP contribution in [-0.4, -0.2) is 22.6 Å². The lowest BCUT2D eigenvalue weighted by atomic mass is 10.0. The molecule has 0 bridgehead atoms. The van der Waals surface area contributed by atoms with E-state index in [1.165, 1.54) is 0 Å². The molecule has 2 unspecified atom stereocenters. The van der Waals surface area contributed by atoms with E-state index in [0.717, 1.165) is 0 Å². The van der Waals surface area contributed by atoms with E-state index in [0.29, 0.717) is 10.6 Å². The molecule has 1 saturated carbocycles. The van der Waals surface area contributed by atoms with Crippen LogP contribution >= 0.6 is 12.2 Å². The Labute approximate surface area is 134 Å². The molecule has 1 saturated heterocycles. The molecule has 116 valence electrons. The molecular formula is C17H18O4S. The fourth-order valence-corrected chi connectivity index (χ4v) is 3.92. The summed E-state index contributed by atoms with van der Waals surface area (Å²) in [5.74, 6) is -2.00. The number of thiocarbonyl (C=S) groups is 1. The first-order chi connectivity index (χ1) is 10.2. The number of esters is 1. The van der Waals surface area contributed by atoms with Crippen molar-refractivity contribution in [1.82, 2.24) is 0 Å². The van der Waals surface area contributed by atoms with Crippen LogP contribution in [0.3, 0.4) is 0 Å². The van der Waals surface area contributed by atoms with Gasteiger partial charge in [0, 0.05) is 18.8 Å². The van der Waals surface area contributed by atoms with Crippen molar-refractivity contribution >= 4 is 29.0 Å². The van der Waals surface area contributed by atoms with Crippen LogP contribution in [0.4, 0.5) is 0 Å². The summed E-state index contributed by atoms with van der Waals surface area (Å²) < 4.78 is 11.2. The van der Waals surface area contributed by atoms with Gasteiger partial charge in [-0.3, -0.25) is 4.79 Å². The molecule has 2 fully saturated rings. The van der Waals surface area contributed by atoms with Gasteiger partial charge in [0.25, 0.3) is 5.79 Å². The van der Waals surface area contributed by atoms with Crippen molar-refractivity contribution in [2.24, 2.45) is 17.3 Å². The number of fused-ring (bicyclic) bond motifs is 1. The second-order valence-corrected chi connectivity index (χ2v) is 7.13. The molecule has 1 aliphatic heterocycles. The van der Waals surface area contributed by atoms with Gasteiger partial charge in [-0.25, -0.2) is 4.79 Å². The highest BCUT2D eigenvalue weighted by Gasteiger charge is 2.67. The van der Waals surface area contributed by atoms with Gasteiger partial charge in [-0.2, -0.15) is 0 Å². The third kappa shape index (κ3) is 2.43. The summed E-state index contributed by atoms with van der Waals surface area (Å²) in [7, 11) is 0. The predicted octanol–water partition coefficient (Wildman–Crippen LogP) is 3.15. The number of carbonyl (C=O) groups is 2. The lowest BCUT2D eigenvalue weighted by Gasteiger charge is -2.29. The van der Waals surface area contributed by atoms with Crippen molar-refractivity contribution in [3.05, 3.63) is 35.9 Å².